The van der Waals surface area contributed by atoms with E-state index >= 15 is 0 Å². The molecule has 21 heavy (non-hydrogen) atoms. The number of anilines is 1. The molecule has 112 valence electrons. The van der Waals surface area contributed by atoms with Crippen LogP contribution in [-0.4, -0.2) is 40.6 Å². The Hall–Kier alpha value is -1.24. The summed E-state index contributed by atoms with van der Waals surface area (Å²) >= 11 is 1.81. The van der Waals surface area contributed by atoms with E-state index in [9.17, 15) is 0 Å². The lowest BCUT2D eigenvalue weighted by Gasteiger charge is -2.36. The minimum Gasteiger partial charge on any atom is -0.399 e. The molecule has 0 bridgehead atoms. The number of nitrogens with zero attached hydrogens (tertiary/aromatic N) is 1. The highest BCUT2D eigenvalue weighted by atomic mass is 32.2. The molecule has 0 radical (unpaired) electrons. The third-order valence-corrected chi connectivity index (χ3v) is 5.43. The number of aromatic amines is 1. The molecule has 6 heteroatoms. The topological polar surface area (TPSA) is 73.2 Å². The van der Waals surface area contributed by atoms with Crippen molar-refractivity contribution in [1.29, 1.82) is 0 Å². The molecule has 2 aromatic rings. The lowest BCUT2D eigenvalue weighted by Crippen LogP contribution is -2.41. The van der Waals surface area contributed by atoms with Gasteiger partial charge >= 0.3 is 0 Å². The first-order valence-corrected chi connectivity index (χ1v) is 8.24. The fourth-order valence-corrected chi connectivity index (χ4v) is 4.40. The number of H-pyrrole nitrogens is 1. The molecule has 0 saturated carbocycles. The summed E-state index contributed by atoms with van der Waals surface area (Å²) in [4.78, 5) is 8.01. The Bertz CT molecular complexity index is 651. The van der Waals surface area contributed by atoms with Crippen LogP contribution in [-0.2, 0) is 9.47 Å². The minimum absolute atomic E-state index is 0.0492. The molecule has 5 nitrogen and oxygen atoms in total. The lowest BCUT2D eigenvalue weighted by molar-refractivity contribution is -0.0769. The monoisotopic (exact) mass is 305 g/mol. The van der Waals surface area contributed by atoms with E-state index in [0.717, 1.165) is 61.0 Å². The Morgan fingerprint density at radius 3 is 3.19 bits per heavy atom. The number of benzene rings is 1. The summed E-state index contributed by atoms with van der Waals surface area (Å²) in [5.41, 5.74) is 8.49. The molecule has 2 saturated heterocycles. The first-order valence-electron chi connectivity index (χ1n) is 7.36. The zero-order valence-electron chi connectivity index (χ0n) is 11.8. The molecule has 2 aliphatic rings. The predicted molar refractivity (Wildman–Crippen MR) is 83.5 cm³/mol. The van der Waals surface area contributed by atoms with Crippen molar-refractivity contribution in [1.82, 2.24) is 9.97 Å². The molecule has 3 N–H and O–H groups in total. The second-order valence-corrected chi connectivity index (χ2v) is 7.17. The fraction of sp³-hybridized carbons (Fsp3) is 0.533. The zero-order valence-corrected chi connectivity index (χ0v) is 12.6. The van der Waals surface area contributed by atoms with Crippen molar-refractivity contribution in [2.45, 2.75) is 35.3 Å². The molecular weight excluding hydrogens is 286 g/mol. The van der Waals surface area contributed by atoms with Gasteiger partial charge in [0, 0.05) is 30.6 Å². The van der Waals surface area contributed by atoms with Gasteiger partial charge in [0.1, 0.15) is 0 Å². The van der Waals surface area contributed by atoms with Crippen LogP contribution >= 0.6 is 11.8 Å². The van der Waals surface area contributed by atoms with E-state index in [1.165, 1.54) is 0 Å². The van der Waals surface area contributed by atoms with Gasteiger partial charge in [0.15, 0.2) is 5.16 Å². The van der Waals surface area contributed by atoms with Gasteiger partial charge in [0.25, 0.3) is 0 Å². The third kappa shape index (κ3) is 2.63. The summed E-state index contributed by atoms with van der Waals surface area (Å²) in [7, 11) is 0. The Labute approximate surface area is 127 Å². The van der Waals surface area contributed by atoms with Crippen molar-refractivity contribution in [2.75, 3.05) is 25.6 Å². The molecule has 2 atom stereocenters. The van der Waals surface area contributed by atoms with Crippen LogP contribution in [0.4, 0.5) is 5.69 Å². The zero-order chi connectivity index (χ0) is 14.3. The molecule has 0 amide bonds. The van der Waals surface area contributed by atoms with Gasteiger partial charge in [0.05, 0.1) is 23.2 Å². The van der Waals surface area contributed by atoms with Gasteiger partial charge in [-0.05, 0) is 31.0 Å². The third-order valence-electron chi connectivity index (χ3n) is 4.28. The molecule has 2 fully saturated rings. The van der Waals surface area contributed by atoms with Crippen LogP contribution < -0.4 is 5.73 Å². The normalized spacial score (nSPS) is 29.4. The Morgan fingerprint density at radius 1 is 1.38 bits per heavy atom. The van der Waals surface area contributed by atoms with Crippen molar-refractivity contribution < 1.29 is 9.47 Å². The van der Waals surface area contributed by atoms with E-state index in [0.29, 0.717) is 5.25 Å². The second-order valence-electron chi connectivity index (χ2n) is 5.89. The Balaban J connectivity index is 1.51. The highest BCUT2D eigenvalue weighted by Crippen LogP contribution is 2.39. The number of rotatable bonds is 2. The van der Waals surface area contributed by atoms with Gasteiger partial charge < -0.3 is 20.2 Å². The molecule has 4 rings (SSSR count). The van der Waals surface area contributed by atoms with Crippen molar-refractivity contribution in [3.8, 4) is 0 Å². The van der Waals surface area contributed by atoms with Crippen LogP contribution in [0.1, 0.15) is 19.3 Å². The van der Waals surface area contributed by atoms with Gasteiger partial charge in [-0.3, -0.25) is 0 Å². The summed E-state index contributed by atoms with van der Waals surface area (Å²) in [5.74, 6) is 0. The number of fused-ring (bicyclic) bond motifs is 1. The maximum Gasteiger partial charge on any atom is 0.166 e. The molecular formula is C15H19N3O2S. The number of nitrogen functional groups attached to an aromatic ring is 1. The van der Waals surface area contributed by atoms with Gasteiger partial charge in [-0.15, -0.1) is 0 Å². The highest BCUT2D eigenvalue weighted by Gasteiger charge is 2.41. The van der Waals surface area contributed by atoms with Gasteiger partial charge in [0.2, 0.25) is 0 Å². The number of nitrogens with two attached hydrogens (primary N) is 1. The van der Waals surface area contributed by atoms with E-state index in [4.69, 9.17) is 15.2 Å². The summed E-state index contributed by atoms with van der Waals surface area (Å²) in [6, 6.07) is 5.78. The number of hydrogen-bond donors (Lipinski definition) is 2. The van der Waals surface area contributed by atoms with Crippen molar-refractivity contribution >= 4 is 28.5 Å². The number of ether oxygens (including phenoxy) is 2. The van der Waals surface area contributed by atoms with Gasteiger partial charge in [-0.25, -0.2) is 4.98 Å². The number of aromatic nitrogens is 2. The van der Waals surface area contributed by atoms with Gasteiger partial charge in [-0.2, -0.15) is 0 Å². The largest absolute Gasteiger partial charge is 0.399 e. The van der Waals surface area contributed by atoms with E-state index in [1.807, 2.05) is 30.0 Å². The average Bonchev–Trinajstić information content (AvgIpc) is 3.05. The molecule has 1 aromatic heterocycles. The quantitative estimate of drug-likeness (QED) is 0.834. The smallest absolute Gasteiger partial charge is 0.166 e. The van der Waals surface area contributed by atoms with Crippen LogP contribution in [0.15, 0.2) is 23.4 Å². The number of hydrogen-bond acceptors (Lipinski definition) is 5. The van der Waals surface area contributed by atoms with Crippen LogP contribution in [0, 0.1) is 0 Å². The Kier molecular flexibility index (Phi) is 3.32. The SMILES string of the molecule is Nc1ccc2nc(SC3CCOC4(CCOC4)C3)[nH]c2c1. The Morgan fingerprint density at radius 2 is 2.33 bits per heavy atom. The second kappa shape index (κ2) is 5.19. The highest BCUT2D eigenvalue weighted by molar-refractivity contribution is 7.99. The lowest BCUT2D eigenvalue weighted by atomic mass is 9.93. The molecule has 3 heterocycles. The maximum atomic E-state index is 5.98. The summed E-state index contributed by atoms with van der Waals surface area (Å²) in [6.45, 7) is 2.37. The van der Waals surface area contributed by atoms with Crippen LogP contribution in [0.2, 0.25) is 0 Å². The molecule has 1 spiro atoms. The first kappa shape index (κ1) is 13.4. The van der Waals surface area contributed by atoms with E-state index in [1.54, 1.807) is 0 Å². The van der Waals surface area contributed by atoms with Crippen molar-refractivity contribution in [3.05, 3.63) is 18.2 Å². The fourth-order valence-electron chi connectivity index (χ4n) is 3.16. The predicted octanol–water partition coefficient (Wildman–Crippen LogP) is 2.58. The maximum absolute atomic E-state index is 5.98. The summed E-state index contributed by atoms with van der Waals surface area (Å²) in [5, 5.41) is 1.50. The van der Waals surface area contributed by atoms with E-state index < -0.39 is 0 Å². The molecule has 2 aliphatic heterocycles. The van der Waals surface area contributed by atoms with E-state index in [2.05, 4.69) is 9.97 Å². The minimum atomic E-state index is -0.0492. The number of imidazole rings is 1. The van der Waals surface area contributed by atoms with Crippen LogP contribution in [0.25, 0.3) is 11.0 Å². The summed E-state index contributed by atoms with van der Waals surface area (Å²) < 4.78 is 11.5. The van der Waals surface area contributed by atoms with Crippen LogP contribution in [0.3, 0.4) is 0 Å². The van der Waals surface area contributed by atoms with Crippen molar-refractivity contribution in [2.24, 2.45) is 0 Å². The molecule has 1 aromatic carbocycles. The average molecular weight is 305 g/mol. The van der Waals surface area contributed by atoms with Crippen LogP contribution in [0.5, 0.6) is 0 Å². The number of nitrogens with one attached hydrogen (secondary N) is 1. The van der Waals surface area contributed by atoms with E-state index in [-0.39, 0.29) is 5.60 Å². The standard InChI is InChI=1S/C15H19N3O2S/c16-10-1-2-12-13(7-10)18-14(17-12)21-11-3-5-20-15(8-11)4-6-19-9-15/h1-2,7,11H,3-6,8-9,16H2,(H,17,18). The first-order chi connectivity index (χ1) is 10.2. The van der Waals surface area contributed by atoms with Crippen molar-refractivity contribution in [3.63, 3.8) is 0 Å². The molecule has 0 aliphatic carbocycles. The molecule has 2 unspecified atom stereocenters. The number of thioether (sulfide) groups is 1. The van der Waals surface area contributed by atoms with Gasteiger partial charge in [-0.1, -0.05) is 11.8 Å². The summed E-state index contributed by atoms with van der Waals surface area (Å²) in [6.07, 6.45) is 3.11.